The van der Waals surface area contributed by atoms with Gasteiger partial charge in [0.15, 0.2) is 0 Å². The number of benzene rings is 2. The van der Waals surface area contributed by atoms with Crippen molar-refractivity contribution in [2.75, 3.05) is 14.1 Å². The van der Waals surface area contributed by atoms with Crippen molar-refractivity contribution >= 4 is 15.9 Å². The van der Waals surface area contributed by atoms with Crippen molar-refractivity contribution in [1.29, 1.82) is 0 Å². The SMILES string of the molecule is CN(C)S(=O)(=O)c1ccccc1CNC(=O)C1(c2ccccc2)CCC1. The highest BCUT2D eigenvalue weighted by molar-refractivity contribution is 7.89. The molecule has 1 aliphatic rings. The van der Waals surface area contributed by atoms with Crippen molar-refractivity contribution in [2.24, 2.45) is 0 Å². The lowest BCUT2D eigenvalue weighted by atomic mass is 9.64. The molecule has 2 aromatic carbocycles. The fourth-order valence-corrected chi connectivity index (χ4v) is 4.49. The molecule has 1 saturated carbocycles. The Balaban J connectivity index is 1.81. The van der Waals surface area contributed by atoms with Crippen molar-refractivity contribution in [2.45, 2.75) is 36.1 Å². The van der Waals surface area contributed by atoms with E-state index >= 15 is 0 Å². The van der Waals surface area contributed by atoms with E-state index in [-0.39, 0.29) is 17.3 Å². The summed E-state index contributed by atoms with van der Waals surface area (Å²) >= 11 is 0. The van der Waals surface area contributed by atoms with Gasteiger partial charge in [-0.05, 0) is 30.0 Å². The van der Waals surface area contributed by atoms with E-state index in [1.54, 1.807) is 24.3 Å². The number of sulfonamides is 1. The van der Waals surface area contributed by atoms with Crippen LogP contribution in [-0.4, -0.2) is 32.7 Å². The van der Waals surface area contributed by atoms with E-state index in [0.717, 1.165) is 24.8 Å². The third kappa shape index (κ3) is 3.27. The first kappa shape index (κ1) is 18.6. The molecule has 0 saturated heterocycles. The van der Waals surface area contributed by atoms with Crippen LogP contribution in [0.5, 0.6) is 0 Å². The first-order valence-corrected chi connectivity index (χ1v) is 10.2. The van der Waals surface area contributed by atoms with Crippen LogP contribution in [0.2, 0.25) is 0 Å². The quantitative estimate of drug-likeness (QED) is 0.848. The summed E-state index contributed by atoms with van der Waals surface area (Å²) in [4.78, 5) is 13.2. The molecule has 1 fully saturated rings. The fourth-order valence-electron chi connectivity index (χ4n) is 3.38. The molecule has 0 atom stereocenters. The minimum absolute atomic E-state index is 0.0352. The molecule has 138 valence electrons. The normalized spacial score (nSPS) is 16.1. The van der Waals surface area contributed by atoms with Gasteiger partial charge in [0.2, 0.25) is 15.9 Å². The van der Waals surface area contributed by atoms with Gasteiger partial charge in [-0.1, -0.05) is 55.0 Å². The molecule has 0 heterocycles. The second kappa shape index (κ2) is 7.21. The van der Waals surface area contributed by atoms with Gasteiger partial charge in [-0.3, -0.25) is 4.79 Å². The molecule has 1 aliphatic carbocycles. The highest BCUT2D eigenvalue weighted by Gasteiger charge is 2.45. The van der Waals surface area contributed by atoms with Crippen molar-refractivity contribution in [3.63, 3.8) is 0 Å². The summed E-state index contributed by atoms with van der Waals surface area (Å²) in [6.45, 7) is 0.191. The Labute approximate surface area is 155 Å². The Bertz CT molecular complexity index is 888. The maximum Gasteiger partial charge on any atom is 0.242 e. The lowest BCUT2D eigenvalue weighted by molar-refractivity contribution is -0.130. The second-order valence-electron chi connectivity index (χ2n) is 6.88. The molecule has 2 aromatic rings. The molecule has 1 N–H and O–H groups in total. The van der Waals surface area contributed by atoms with E-state index in [1.165, 1.54) is 18.4 Å². The topological polar surface area (TPSA) is 66.5 Å². The van der Waals surface area contributed by atoms with Gasteiger partial charge in [0.05, 0.1) is 10.3 Å². The number of amides is 1. The number of nitrogens with zero attached hydrogens (tertiary/aromatic N) is 1. The zero-order valence-electron chi connectivity index (χ0n) is 15.1. The van der Waals surface area contributed by atoms with Crippen LogP contribution in [0.4, 0.5) is 0 Å². The predicted octanol–water partition coefficient (Wildman–Crippen LogP) is 2.68. The standard InChI is InChI=1S/C20H24N2O3S/c1-22(2)26(24,25)18-12-7-6-9-16(18)15-21-19(23)20(13-8-14-20)17-10-4-3-5-11-17/h3-7,9-12H,8,13-15H2,1-2H3,(H,21,23). The van der Waals surface area contributed by atoms with Gasteiger partial charge in [0.1, 0.15) is 0 Å². The number of hydrogen-bond acceptors (Lipinski definition) is 3. The van der Waals surface area contributed by atoms with E-state index in [1.807, 2.05) is 30.3 Å². The van der Waals surface area contributed by atoms with Crippen LogP contribution in [0.25, 0.3) is 0 Å². The number of nitrogens with one attached hydrogen (secondary N) is 1. The molecular formula is C20H24N2O3S. The molecular weight excluding hydrogens is 348 g/mol. The van der Waals surface area contributed by atoms with Gasteiger partial charge >= 0.3 is 0 Å². The van der Waals surface area contributed by atoms with E-state index in [2.05, 4.69) is 5.32 Å². The molecule has 26 heavy (non-hydrogen) atoms. The molecule has 0 radical (unpaired) electrons. The molecule has 5 nitrogen and oxygen atoms in total. The van der Waals surface area contributed by atoms with Crippen LogP contribution < -0.4 is 5.32 Å². The van der Waals surface area contributed by atoms with Gasteiger partial charge < -0.3 is 5.32 Å². The van der Waals surface area contributed by atoms with Crippen LogP contribution in [0, 0.1) is 0 Å². The number of carbonyl (C=O) groups is 1. The second-order valence-corrected chi connectivity index (χ2v) is 9.00. The smallest absolute Gasteiger partial charge is 0.242 e. The van der Waals surface area contributed by atoms with E-state index in [9.17, 15) is 13.2 Å². The van der Waals surface area contributed by atoms with Crippen molar-refractivity contribution in [3.05, 3.63) is 65.7 Å². The summed E-state index contributed by atoms with van der Waals surface area (Å²) < 4.78 is 26.2. The minimum atomic E-state index is -3.55. The number of carbonyl (C=O) groups excluding carboxylic acids is 1. The average molecular weight is 372 g/mol. The first-order valence-electron chi connectivity index (χ1n) is 8.72. The summed E-state index contributed by atoms with van der Waals surface area (Å²) in [5, 5.41) is 2.97. The van der Waals surface area contributed by atoms with Crippen LogP contribution in [0.3, 0.4) is 0 Å². The van der Waals surface area contributed by atoms with Crippen molar-refractivity contribution in [3.8, 4) is 0 Å². The van der Waals surface area contributed by atoms with E-state index in [0.29, 0.717) is 5.56 Å². The largest absolute Gasteiger partial charge is 0.351 e. The molecule has 3 rings (SSSR count). The van der Waals surface area contributed by atoms with Crippen LogP contribution in [0.15, 0.2) is 59.5 Å². The van der Waals surface area contributed by atoms with Gasteiger partial charge in [0, 0.05) is 20.6 Å². The summed E-state index contributed by atoms with van der Waals surface area (Å²) in [5.41, 5.74) is 1.13. The summed E-state index contributed by atoms with van der Waals surface area (Å²) in [5.74, 6) is -0.0352. The molecule has 0 spiro atoms. The van der Waals surface area contributed by atoms with E-state index < -0.39 is 15.4 Å². The predicted molar refractivity (Wildman–Crippen MR) is 101 cm³/mol. The average Bonchev–Trinajstić information content (AvgIpc) is 2.60. The van der Waals surface area contributed by atoms with Gasteiger partial charge in [-0.15, -0.1) is 0 Å². The number of hydrogen-bond donors (Lipinski definition) is 1. The first-order chi connectivity index (χ1) is 12.4. The third-order valence-corrected chi connectivity index (χ3v) is 7.05. The molecule has 6 heteroatoms. The Kier molecular flexibility index (Phi) is 5.16. The number of rotatable bonds is 6. The molecule has 0 bridgehead atoms. The molecule has 0 unspecified atom stereocenters. The Hall–Kier alpha value is -2.18. The van der Waals surface area contributed by atoms with Gasteiger partial charge in [-0.25, -0.2) is 12.7 Å². The summed E-state index contributed by atoms with van der Waals surface area (Å²) in [7, 11) is -0.546. The Morgan fingerprint density at radius 3 is 2.23 bits per heavy atom. The van der Waals surface area contributed by atoms with Crippen molar-refractivity contribution < 1.29 is 13.2 Å². The summed E-state index contributed by atoms with van der Waals surface area (Å²) in [6.07, 6.45) is 2.66. The van der Waals surface area contributed by atoms with Gasteiger partial charge in [-0.2, -0.15) is 0 Å². The fraction of sp³-hybridized carbons (Fsp3) is 0.350. The molecule has 1 amide bonds. The zero-order valence-corrected chi connectivity index (χ0v) is 15.9. The highest BCUT2D eigenvalue weighted by Crippen LogP contribution is 2.43. The third-order valence-electron chi connectivity index (χ3n) is 5.14. The highest BCUT2D eigenvalue weighted by atomic mass is 32.2. The lowest BCUT2D eigenvalue weighted by Crippen LogP contribution is -2.49. The zero-order chi connectivity index (χ0) is 18.8. The van der Waals surface area contributed by atoms with E-state index in [4.69, 9.17) is 0 Å². The Morgan fingerprint density at radius 2 is 1.65 bits per heavy atom. The lowest BCUT2D eigenvalue weighted by Gasteiger charge is -2.40. The van der Waals surface area contributed by atoms with Crippen molar-refractivity contribution in [1.82, 2.24) is 9.62 Å². The minimum Gasteiger partial charge on any atom is -0.351 e. The summed E-state index contributed by atoms with van der Waals surface area (Å²) in [6, 6.07) is 16.6. The maximum atomic E-state index is 12.9. The van der Waals surface area contributed by atoms with Crippen LogP contribution >= 0.6 is 0 Å². The maximum absolute atomic E-state index is 12.9. The Morgan fingerprint density at radius 1 is 1.04 bits per heavy atom. The monoisotopic (exact) mass is 372 g/mol. The van der Waals surface area contributed by atoms with Crippen LogP contribution in [0.1, 0.15) is 30.4 Å². The van der Waals surface area contributed by atoms with Crippen LogP contribution in [-0.2, 0) is 26.8 Å². The molecule has 0 aromatic heterocycles. The molecule has 0 aliphatic heterocycles. The van der Waals surface area contributed by atoms with Gasteiger partial charge in [0.25, 0.3) is 0 Å².